The molecule has 0 aliphatic heterocycles. The average molecular weight is 593 g/mol. The van der Waals surface area contributed by atoms with Crippen LogP contribution >= 0.6 is 0 Å². The van der Waals surface area contributed by atoms with Crippen LogP contribution in [-0.4, -0.2) is 47.7 Å². The highest BCUT2D eigenvalue weighted by Crippen LogP contribution is 2.18. The Morgan fingerprint density at radius 3 is 1.93 bits per heavy atom. The third-order valence-electron chi connectivity index (χ3n) is 6.70. The molecule has 0 spiro atoms. The molecular formula is C35H48N2O6. The zero-order valence-corrected chi connectivity index (χ0v) is 25.6. The maximum atomic E-state index is 11.2. The Hall–Kier alpha value is -3.67. The number of ether oxygens (including phenoxy) is 1. The van der Waals surface area contributed by atoms with E-state index < -0.39 is 0 Å². The number of carbonyl (C=O) groups is 1. The average Bonchev–Trinajstić information content (AvgIpc) is 3.01. The topological polar surface area (TPSA) is 126 Å². The Bertz CT molecular complexity index is 1060. The summed E-state index contributed by atoms with van der Waals surface area (Å²) in [5.41, 5.74) is 3.40. The summed E-state index contributed by atoms with van der Waals surface area (Å²) in [6, 6.07) is 14.7. The number of esters is 1. The molecule has 43 heavy (non-hydrogen) atoms. The van der Waals surface area contributed by atoms with Crippen molar-refractivity contribution >= 4 is 29.5 Å². The second kappa shape index (κ2) is 26.0. The van der Waals surface area contributed by atoms with Crippen molar-refractivity contribution in [2.24, 2.45) is 9.98 Å². The van der Waals surface area contributed by atoms with Gasteiger partial charge in [0.1, 0.15) is 6.61 Å². The molecule has 234 valence electrons. The minimum absolute atomic E-state index is 0.102. The molecule has 0 fully saturated rings. The molecule has 2 N–H and O–H groups in total. The van der Waals surface area contributed by atoms with Gasteiger partial charge in [0.15, 0.2) is 0 Å². The number of isocyanates is 2. The molecule has 8 nitrogen and oxygen atoms in total. The van der Waals surface area contributed by atoms with Gasteiger partial charge in [-0.3, -0.25) is 4.79 Å². The van der Waals surface area contributed by atoms with E-state index in [2.05, 4.69) is 29.1 Å². The van der Waals surface area contributed by atoms with Crippen LogP contribution in [0.3, 0.4) is 0 Å². The molecule has 1 atom stereocenters. The van der Waals surface area contributed by atoms with Crippen molar-refractivity contribution in [2.45, 2.75) is 103 Å². The molecule has 0 saturated heterocycles. The van der Waals surface area contributed by atoms with Gasteiger partial charge in [-0.25, -0.2) is 9.59 Å². The smallest absolute Gasteiger partial charge is 0.305 e. The molecule has 8 heteroatoms. The monoisotopic (exact) mass is 592 g/mol. The molecule has 0 aromatic heterocycles. The van der Waals surface area contributed by atoms with Crippen LogP contribution in [0.25, 0.3) is 0 Å². The molecule has 0 saturated carbocycles. The highest BCUT2D eigenvalue weighted by atomic mass is 16.5. The highest BCUT2D eigenvalue weighted by molar-refractivity contribution is 5.69. The Kier molecular flexibility index (Phi) is 22.6. The Morgan fingerprint density at radius 2 is 1.37 bits per heavy atom. The minimum Gasteiger partial charge on any atom is -0.463 e. The van der Waals surface area contributed by atoms with Crippen molar-refractivity contribution < 1.29 is 29.3 Å². The number of benzene rings is 2. The third-order valence-corrected chi connectivity index (χ3v) is 6.70. The van der Waals surface area contributed by atoms with Crippen LogP contribution in [0.2, 0.25) is 0 Å². The zero-order chi connectivity index (χ0) is 31.4. The first kappa shape index (κ1) is 37.4. The number of allylic oxidation sites excluding steroid dienone is 1. The van der Waals surface area contributed by atoms with Gasteiger partial charge in [-0.2, -0.15) is 9.98 Å². The standard InChI is InChI=1S/C20H38O4.C15H10N2O2/c1-2-3-4-11-14-19(22)15-12-9-7-5-6-8-10-13-16-20(23)24-18-17-21;18-10-16-14-5-1-12(2-6-14)9-13-3-7-15(8-4-13)17-11-19/h9,12,19,21-22H,2-8,10-11,13-18H2,1H3;1-8H,9H2/b12-9-;/t19-;/m1./s1. The maximum Gasteiger partial charge on any atom is 0.305 e. The van der Waals surface area contributed by atoms with E-state index in [9.17, 15) is 19.5 Å². The quantitative estimate of drug-likeness (QED) is 0.0502. The Morgan fingerprint density at radius 1 is 0.814 bits per heavy atom. The molecule has 2 aromatic carbocycles. The predicted octanol–water partition coefficient (Wildman–Crippen LogP) is 7.74. The van der Waals surface area contributed by atoms with Gasteiger partial charge in [0.25, 0.3) is 0 Å². The van der Waals surface area contributed by atoms with Gasteiger partial charge in [-0.1, -0.05) is 88.3 Å². The number of aliphatic hydroxyl groups excluding tert-OH is 2. The van der Waals surface area contributed by atoms with Crippen LogP contribution in [0.1, 0.15) is 102 Å². The molecule has 0 unspecified atom stereocenters. The fraction of sp³-hybridized carbons (Fsp3) is 0.514. The van der Waals surface area contributed by atoms with E-state index in [1.165, 1.54) is 37.8 Å². The van der Waals surface area contributed by atoms with Gasteiger partial charge in [-0.15, -0.1) is 0 Å². The Balaban J connectivity index is 0.000000439. The van der Waals surface area contributed by atoms with E-state index in [0.717, 1.165) is 68.9 Å². The molecule has 2 aromatic rings. The second-order valence-electron chi connectivity index (χ2n) is 10.4. The van der Waals surface area contributed by atoms with Crippen LogP contribution in [0.5, 0.6) is 0 Å². The molecule has 2 rings (SSSR count). The lowest BCUT2D eigenvalue weighted by molar-refractivity contribution is -0.144. The van der Waals surface area contributed by atoms with Gasteiger partial charge >= 0.3 is 5.97 Å². The van der Waals surface area contributed by atoms with E-state index in [1.54, 1.807) is 24.3 Å². The van der Waals surface area contributed by atoms with Gasteiger partial charge < -0.3 is 14.9 Å². The van der Waals surface area contributed by atoms with Crippen molar-refractivity contribution in [1.29, 1.82) is 0 Å². The first-order valence-corrected chi connectivity index (χ1v) is 15.5. The van der Waals surface area contributed by atoms with Crippen molar-refractivity contribution in [2.75, 3.05) is 13.2 Å². The van der Waals surface area contributed by atoms with Crippen LogP contribution in [0.4, 0.5) is 11.4 Å². The van der Waals surface area contributed by atoms with Crippen molar-refractivity contribution in [1.82, 2.24) is 0 Å². The Labute approximate surface area is 256 Å². The second-order valence-corrected chi connectivity index (χ2v) is 10.4. The summed E-state index contributed by atoms with van der Waals surface area (Å²) in [6.45, 7) is 2.21. The third kappa shape index (κ3) is 20.8. The molecule has 0 aliphatic carbocycles. The van der Waals surface area contributed by atoms with E-state index >= 15 is 0 Å². The van der Waals surface area contributed by atoms with Crippen LogP contribution in [0.15, 0.2) is 70.7 Å². The van der Waals surface area contributed by atoms with E-state index in [1.807, 2.05) is 24.3 Å². The normalized spacial score (nSPS) is 11.1. The number of carbonyl (C=O) groups excluding carboxylic acids is 3. The summed E-state index contributed by atoms with van der Waals surface area (Å²) in [4.78, 5) is 38.5. The SMILES string of the molecule is CCCCCC[C@@H](O)C/C=C\CCCCCCCC(=O)OCCO.O=C=Nc1ccc(Cc2ccc(N=C=O)cc2)cc1. The number of rotatable bonds is 21. The summed E-state index contributed by atoms with van der Waals surface area (Å²) in [6.07, 6.45) is 21.4. The molecule has 0 aliphatic rings. The van der Waals surface area contributed by atoms with E-state index in [0.29, 0.717) is 17.8 Å². The van der Waals surface area contributed by atoms with Crippen molar-refractivity contribution in [3.05, 3.63) is 71.8 Å². The zero-order valence-electron chi connectivity index (χ0n) is 25.6. The molecule has 0 bridgehead atoms. The number of aliphatic imine (C=N–C) groups is 2. The lowest BCUT2D eigenvalue weighted by Gasteiger charge is -2.07. The summed E-state index contributed by atoms with van der Waals surface area (Å²) in [7, 11) is 0. The summed E-state index contributed by atoms with van der Waals surface area (Å²) in [5, 5.41) is 18.4. The molecule has 0 radical (unpaired) electrons. The molecule has 0 amide bonds. The van der Waals surface area contributed by atoms with Crippen LogP contribution in [0, 0.1) is 0 Å². The predicted molar refractivity (Wildman–Crippen MR) is 170 cm³/mol. The van der Waals surface area contributed by atoms with E-state index in [-0.39, 0.29) is 25.3 Å². The number of hydrogen-bond donors (Lipinski definition) is 2. The minimum atomic E-state index is -0.208. The lowest BCUT2D eigenvalue weighted by Crippen LogP contribution is -2.07. The molecular weight excluding hydrogens is 544 g/mol. The lowest BCUT2D eigenvalue weighted by atomic mass is 10.0. The van der Waals surface area contributed by atoms with Crippen LogP contribution < -0.4 is 0 Å². The van der Waals surface area contributed by atoms with Gasteiger partial charge in [0, 0.05) is 6.42 Å². The number of hydrogen-bond acceptors (Lipinski definition) is 8. The van der Waals surface area contributed by atoms with Gasteiger partial charge in [0.2, 0.25) is 12.2 Å². The number of aliphatic hydroxyl groups is 2. The van der Waals surface area contributed by atoms with Gasteiger partial charge in [-0.05, 0) is 73.9 Å². The summed E-state index contributed by atoms with van der Waals surface area (Å²) >= 11 is 0. The number of unbranched alkanes of at least 4 members (excludes halogenated alkanes) is 8. The van der Waals surface area contributed by atoms with Crippen molar-refractivity contribution in [3.63, 3.8) is 0 Å². The van der Waals surface area contributed by atoms with Crippen molar-refractivity contribution in [3.8, 4) is 0 Å². The molecule has 0 heterocycles. The van der Waals surface area contributed by atoms with Crippen LogP contribution in [-0.2, 0) is 25.5 Å². The fourth-order valence-corrected chi connectivity index (χ4v) is 4.31. The fourth-order valence-electron chi connectivity index (χ4n) is 4.31. The van der Waals surface area contributed by atoms with E-state index in [4.69, 9.17) is 9.84 Å². The summed E-state index contributed by atoms with van der Waals surface area (Å²) in [5.74, 6) is -0.208. The highest BCUT2D eigenvalue weighted by Gasteiger charge is 2.02. The first-order chi connectivity index (χ1) is 21.0. The largest absolute Gasteiger partial charge is 0.463 e. The maximum absolute atomic E-state index is 11.2. The first-order valence-electron chi connectivity index (χ1n) is 15.5. The number of nitrogens with zero attached hydrogens (tertiary/aromatic N) is 2. The summed E-state index contributed by atoms with van der Waals surface area (Å²) < 4.78 is 4.80. The van der Waals surface area contributed by atoms with Gasteiger partial charge in [0.05, 0.1) is 24.1 Å².